The lowest BCUT2D eigenvalue weighted by atomic mass is 10.0. The number of halogens is 1. The Morgan fingerprint density at radius 2 is 1.67 bits per heavy atom. The van der Waals surface area contributed by atoms with Crippen molar-refractivity contribution in [2.75, 3.05) is 59.0 Å². The fourth-order valence-corrected chi connectivity index (χ4v) is 3.93. The van der Waals surface area contributed by atoms with Crippen LogP contribution in [0.2, 0.25) is 0 Å². The van der Waals surface area contributed by atoms with Crippen LogP contribution in [0.3, 0.4) is 0 Å². The van der Waals surface area contributed by atoms with Gasteiger partial charge in [-0.15, -0.1) is 24.0 Å². The number of likely N-dealkylation sites (tertiary alicyclic amines) is 1. The first-order valence-electron chi connectivity index (χ1n) is 10.7. The molecule has 160 valence electrons. The number of nitrogens with zero attached hydrogens (tertiary/aromatic N) is 3. The van der Waals surface area contributed by atoms with E-state index in [0.717, 1.165) is 57.8 Å². The number of rotatable bonds is 9. The molecule has 2 saturated heterocycles. The van der Waals surface area contributed by atoms with Gasteiger partial charge in [-0.05, 0) is 52.1 Å². The van der Waals surface area contributed by atoms with Crippen LogP contribution in [0, 0.1) is 5.92 Å². The SMILES string of the molecule is CCNC(=NCC(C)N1CCOCC1)NCC(CC(C)C)N1CCCC1.I. The van der Waals surface area contributed by atoms with E-state index in [1.165, 1.54) is 32.4 Å². The molecule has 7 heteroatoms. The lowest BCUT2D eigenvalue weighted by molar-refractivity contribution is 0.0220. The molecule has 0 aromatic heterocycles. The van der Waals surface area contributed by atoms with Gasteiger partial charge < -0.3 is 15.4 Å². The normalized spacial score (nSPS) is 21.7. The van der Waals surface area contributed by atoms with Crippen LogP contribution in [0.25, 0.3) is 0 Å². The zero-order chi connectivity index (χ0) is 18.8. The highest BCUT2D eigenvalue weighted by molar-refractivity contribution is 14.0. The van der Waals surface area contributed by atoms with Gasteiger partial charge in [0.1, 0.15) is 0 Å². The first-order valence-corrected chi connectivity index (χ1v) is 10.7. The summed E-state index contributed by atoms with van der Waals surface area (Å²) < 4.78 is 5.45. The third kappa shape index (κ3) is 9.28. The molecular weight excluding hydrogens is 453 g/mol. The largest absolute Gasteiger partial charge is 0.379 e. The van der Waals surface area contributed by atoms with Crippen LogP contribution >= 0.6 is 24.0 Å². The molecule has 6 nitrogen and oxygen atoms in total. The number of nitrogens with one attached hydrogen (secondary N) is 2. The monoisotopic (exact) mass is 495 g/mol. The molecule has 2 N–H and O–H groups in total. The summed E-state index contributed by atoms with van der Waals surface area (Å²) in [5.74, 6) is 1.68. The summed E-state index contributed by atoms with van der Waals surface area (Å²) >= 11 is 0. The van der Waals surface area contributed by atoms with E-state index in [2.05, 4.69) is 48.1 Å². The second kappa shape index (κ2) is 14.0. The minimum atomic E-state index is 0. The molecule has 2 rings (SSSR count). The Bertz CT molecular complexity index is 409. The summed E-state index contributed by atoms with van der Waals surface area (Å²) in [4.78, 5) is 9.99. The maximum atomic E-state index is 5.45. The summed E-state index contributed by atoms with van der Waals surface area (Å²) in [6.07, 6.45) is 3.94. The molecule has 0 aliphatic carbocycles. The molecule has 27 heavy (non-hydrogen) atoms. The summed E-state index contributed by atoms with van der Waals surface area (Å²) in [7, 11) is 0. The van der Waals surface area contributed by atoms with E-state index in [1.54, 1.807) is 0 Å². The Labute approximate surface area is 183 Å². The highest BCUT2D eigenvalue weighted by Gasteiger charge is 2.23. The lowest BCUT2D eigenvalue weighted by Crippen LogP contribution is -2.48. The maximum absolute atomic E-state index is 5.45. The third-order valence-electron chi connectivity index (χ3n) is 5.43. The molecule has 0 spiro atoms. The van der Waals surface area contributed by atoms with Crippen molar-refractivity contribution in [2.24, 2.45) is 10.9 Å². The summed E-state index contributed by atoms with van der Waals surface area (Å²) in [5.41, 5.74) is 0. The maximum Gasteiger partial charge on any atom is 0.191 e. The highest BCUT2D eigenvalue weighted by Crippen LogP contribution is 2.17. The Morgan fingerprint density at radius 3 is 2.26 bits per heavy atom. The first-order chi connectivity index (χ1) is 12.6. The van der Waals surface area contributed by atoms with Gasteiger partial charge in [-0.25, -0.2) is 0 Å². The number of aliphatic imine (C=N–C) groups is 1. The lowest BCUT2D eigenvalue weighted by Gasteiger charge is -2.32. The van der Waals surface area contributed by atoms with E-state index >= 15 is 0 Å². The van der Waals surface area contributed by atoms with Crippen molar-refractivity contribution in [3.8, 4) is 0 Å². The van der Waals surface area contributed by atoms with Crippen LogP contribution in [0.15, 0.2) is 4.99 Å². The van der Waals surface area contributed by atoms with Gasteiger partial charge in [-0.1, -0.05) is 13.8 Å². The second-order valence-corrected chi connectivity index (χ2v) is 8.12. The van der Waals surface area contributed by atoms with Crippen molar-refractivity contribution in [3.63, 3.8) is 0 Å². The second-order valence-electron chi connectivity index (χ2n) is 8.12. The zero-order valence-electron chi connectivity index (χ0n) is 17.9. The van der Waals surface area contributed by atoms with E-state index in [4.69, 9.17) is 9.73 Å². The molecule has 0 radical (unpaired) electrons. The summed E-state index contributed by atoms with van der Waals surface area (Å²) in [6, 6.07) is 1.07. The minimum absolute atomic E-state index is 0. The Hall–Kier alpha value is -0.120. The smallest absolute Gasteiger partial charge is 0.191 e. The van der Waals surface area contributed by atoms with Gasteiger partial charge in [-0.2, -0.15) is 0 Å². The molecule has 2 fully saturated rings. The van der Waals surface area contributed by atoms with Gasteiger partial charge in [0.05, 0.1) is 19.8 Å². The van der Waals surface area contributed by atoms with E-state index in [0.29, 0.717) is 12.1 Å². The van der Waals surface area contributed by atoms with E-state index in [9.17, 15) is 0 Å². The number of hydrogen-bond donors (Lipinski definition) is 2. The number of morpholine rings is 1. The standard InChI is InChI=1S/C20H41N5O.HI/c1-5-21-20(22-15-18(4)24-10-12-26-13-11-24)23-16-19(14-17(2)3)25-8-6-7-9-25;/h17-19H,5-16H2,1-4H3,(H2,21,22,23);1H. The van der Waals surface area contributed by atoms with Gasteiger partial charge >= 0.3 is 0 Å². The topological polar surface area (TPSA) is 52.1 Å². The number of guanidine groups is 1. The predicted octanol–water partition coefficient (Wildman–Crippen LogP) is 2.39. The van der Waals surface area contributed by atoms with Crippen LogP contribution in [0.5, 0.6) is 0 Å². The van der Waals surface area contributed by atoms with Crippen molar-refractivity contribution in [2.45, 2.75) is 59.0 Å². The van der Waals surface area contributed by atoms with Crippen molar-refractivity contribution in [3.05, 3.63) is 0 Å². The van der Waals surface area contributed by atoms with Crippen molar-refractivity contribution >= 4 is 29.9 Å². The molecule has 2 aliphatic rings. The summed E-state index contributed by atoms with van der Waals surface area (Å²) in [5, 5.41) is 7.03. The van der Waals surface area contributed by atoms with Crippen molar-refractivity contribution in [1.82, 2.24) is 20.4 Å². The van der Waals surface area contributed by atoms with Crippen LogP contribution in [-0.2, 0) is 4.74 Å². The zero-order valence-corrected chi connectivity index (χ0v) is 20.2. The molecule has 2 heterocycles. The molecule has 0 aromatic carbocycles. The van der Waals surface area contributed by atoms with Gasteiger partial charge in [0.2, 0.25) is 0 Å². The van der Waals surface area contributed by atoms with E-state index in [-0.39, 0.29) is 24.0 Å². The van der Waals surface area contributed by atoms with E-state index in [1.807, 2.05) is 0 Å². The average molecular weight is 495 g/mol. The first kappa shape index (κ1) is 24.9. The third-order valence-corrected chi connectivity index (χ3v) is 5.43. The van der Waals surface area contributed by atoms with Crippen LogP contribution in [-0.4, -0.2) is 86.9 Å². The molecule has 0 aromatic rings. The van der Waals surface area contributed by atoms with E-state index < -0.39 is 0 Å². The highest BCUT2D eigenvalue weighted by atomic mass is 127. The molecule has 2 aliphatic heterocycles. The van der Waals surface area contributed by atoms with Crippen LogP contribution in [0.1, 0.15) is 47.0 Å². The summed E-state index contributed by atoms with van der Waals surface area (Å²) in [6.45, 7) is 18.0. The van der Waals surface area contributed by atoms with Gasteiger partial charge in [-0.3, -0.25) is 14.8 Å². The number of ether oxygens (including phenoxy) is 1. The quantitative estimate of drug-likeness (QED) is 0.292. The molecule has 0 bridgehead atoms. The Kier molecular flexibility index (Phi) is 12.9. The predicted molar refractivity (Wildman–Crippen MR) is 125 cm³/mol. The van der Waals surface area contributed by atoms with Gasteiger partial charge in [0.25, 0.3) is 0 Å². The molecule has 2 unspecified atom stereocenters. The Morgan fingerprint density at radius 1 is 1.00 bits per heavy atom. The Balaban J connectivity index is 0.00000364. The van der Waals surface area contributed by atoms with Gasteiger partial charge in [0.15, 0.2) is 5.96 Å². The van der Waals surface area contributed by atoms with Crippen LogP contribution < -0.4 is 10.6 Å². The molecule has 2 atom stereocenters. The van der Waals surface area contributed by atoms with Crippen LogP contribution in [0.4, 0.5) is 0 Å². The van der Waals surface area contributed by atoms with Crippen molar-refractivity contribution in [1.29, 1.82) is 0 Å². The van der Waals surface area contributed by atoms with Crippen molar-refractivity contribution < 1.29 is 4.74 Å². The minimum Gasteiger partial charge on any atom is -0.379 e. The molecular formula is C20H42IN5O. The fraction of sp³-hybridized carbons (Fsp3) is 0.950. The number of hydrogen-bond acceptors (Lipinski definition) is 4. The molecule has 0 amide bonds. The van der Waals surface area contributed by atoms with Gasteiger partial charge in [0, 0.05) is 38.3 Å². The molecule has 0 saturated carbocycles. The fourth-order valence-electron chi connectivity index (χ4n) is 3.93. The average Bonchev–Trinajstić information content (AvgIpc) is 3.17.